The number of nitrogens with zero attached hydrogens (tertiary/aromatic N) is 5. The molecule has 98 valence electrons. The molecular formula is C12H14N6O. The summed E-state index contributed by atoms with van der Waals surface area (Å²) in [5, 5.41) is 7.85. The molecule has 2 aromatic rings. The number of carbonyl (C=O) groups is 1. The molecule has 0 aliphatic carbocycles. The van der Waals surface area contributed by atoms with E-state index in [0.717, 1.165) is 12.4 Å². The quantitative estimate of drug-likeness (QED) is 0.804. The SMILES string of the molecule is NCc1cc(C(=O)N2CCn3cnnc3C2)ccn1. The van der Waals surface area contributed by atoms with E-state index >= 15 is 0 Å². The minimum absolute atomic E-state index is 0.0219. The first-order chi connectivity index (χ1) is 9.28. The van der Waals surface area contributed by atoms with E-state index in [-0.39, 0.29) is 5.91 Å². The van der Waals surface area contributed by atoms with Crippen LogP contribution in [0.4, 0.5) is 0 Å². The van der Waals surface area contributed by atoms with Gasteiger partial charge in [-0.3, -0.25) is 9.78 Å². The second kappa shape index (κ2) is 4.77. The van der Waals surface area contributed by atoms with Gasteiger partial charge in [-0.1, -0.05) is 0 Å². The van der Waals surface area contributed by atoms with Crippen LogP contribution in [0.2, 0.25) is 0 Å². The number of pyridine rings is 1. The van der Waals surface area contributed by atoms with Crippen molar-refractivity contribution in [2.45, 2.75) is 19.6 Å². The minimum atomic E-state index is -0.0219. The summed E-state index contributed by atoms with van der Waals surface area (Å²) in [6, 6.07) is 3.45. The number of rotatable bonds is 2. The van der Waals surface area contributed by atoms with Crippen LogP contribution >= 0.6 is 0 Å². The van der Waals surface area contributed by atoms with Gasteiger partial charge in [0.15, 0.2) is 5.82 Å². The monoisotopic (exact) mass is 258 g/mol. The summed E-state index contributed by atoms with van der Waals surface area (Å²) < 4.78 is 1.96. The van der Waals surface area contributed by atoms with E-state index in [1.54, 1.807) is 29.6 Å². The number of amides is 1. The van der Waals surface area contributed by atoms with Crippen LogP contribution in [0, 0.1) is 0 Å². The average molecular weight is 258 g/mol. The second-order valence-corrected chi connectivity index (χ2v) is 4.41. The summed E-state index contributed by atoms with van der Waals surface area (Å²) >= 11 is 0. The summed E-state index contributed by atoms with van der Waals surface area (Å²) in [5.41, 5.74) is 6.87. The Balaban J connectivity index is 1.81. The molecule has 2 N–H and O–H groups in total. The lowest BCUT2D eigenvalue weighted by Crippen LogP contribution is -2.38. The topological polar surface area (TPSA) is 89.9 Å². The summed E-state index contributed by atoms with van der Waals surface area (Å²) in [6.07, 6.45) is 3.30. The van der Waals surface area contributed by atoms with E-state index in [0.29, 0.717) is 30.9 Å². The van der Waals surface area contributed by atoms with Gasteiger partial charge in [0.25, 0.3) is 5.91 Å². The van der Waals surface area contributed by atoms with Crippen molar-refractivity contribution in [1.82, 2.24) is 24.6 Å². The first-order valence-electron chi connectivity index (χ1n) is 6.09. The van der Waals surface area contributed by atoms with E-state index < -0.39 is 0 Å². The predicted molar refractivity (Wildman–Crippen MR) is 66.9 cm³/mol. The maximum Gasteiger partial charge on any atom is 0.254 e. The van der Waals surface area contributed by atoms with Crippen LogP contribution in [0.25, 0.3) is 0 Å². The third kappa shape index (κ3) is 2.19. The van der Waals surface area contributed by atoms with Crippen LogP contribution in [0.1, 0.15) is 21.9 Å². The lowest BCUT2D eigenvalue weighted by atomic mass is 10.2. The maximum atomic E-state index is 12.4. The molecule has 7 nitrogen and oxygen atoms in total. The van der Waals surface area contributed by atoms with Gasteiger partial charge in [0, 0.05) is 31.4 Å². The van der Waals surface area contributed by atoms with E-state index in [1.807, 2.05) is 4.57 Å². The van der Waals surface area contributed by atoms with Crippen molar-refractivity contribution in [3.8, 4) is 0 Å². The highest BCUT2D eigenvalue weighted by Crippen LogP contribution is 2.13. The average Bonchev–Trinajstić information content (AvgIpc) is 2.94. The number of carbonyl (C=O) groups excluding carboxylic acids is 1. The molecule has 0 radical (unpaired) electrons. The Labute approximate surface area is 110 Å². The number of aromatic nitrogens is 4. The lowest BCUT2D eigenvalue weighted by molar-refractivity contribution is 0.0707. The zero-order chi connectivity index (χ0) is 13.2. The predicted octanol–water partition coefficient (Wildman–Crippen LogP) is -0.212. The fourth-order valence-corrected chi connectivity index (χ4v) is 2.15. The summed E-state index contributed by atoms with van der Waals surface area (Å²) in [4.78, 5) is 18.3. The molecule has 0 unspecified atom stereocenters. The van der Waals surface area contributed by atoms with Gasteiger partial charge in [-0.05, 0) is 12.1 Å². The fourth-order valence-electron chi connectivity index (χ4n) is 2.15. The standard InChI is InChI=1S/C12H14N6O/c13-6-10-5-9(1-2-14-10)12(19)17-3-4-18-8-15-16-11(18)7-17/h1-2,5,8H,3-4,6-7,13H2. The highest BCUT2D eigenvalue weighted by Gasteiger charge is 2.22. The Kier molecular flexibility index (Phi) is 2.96. The largest absolute Gasteiger partial charge is 0.329 e. The summed E-state index contributed by atoms with van der Waals surface area (Å²) in [7, 11) is 0. The number of fused-ring (bicyclic) bond motifs is 1. The minimum Gasteiger partial charge on any atom is -0.329 e. The molecule has 2 aromatic heterocycles. The second-order valence-electron chi connectivity index (χ2n) is 4.41. The molecule has 3 heterocycles. The maximum absolute atomic E-state index is 12.4. The van der Waals surface area contributed by atoms with Crippen molar-refractivity contribution in [2.75, 3.05) is 6.54 Å². The van der Waals surface area contributed by atoms with Crippen LogP contribution in [0.3, 0.4) is 0 Å². The lowest BCUT2D eigenvalue weighted by Gasteiger charge is -2.27. The Bertz CT molecular complexity index is 608. The van der Waals surface area contributed by atoms with Gasteiger partial charge in [-0.25, -0.2) is 0 Å². The van der Waals surface area contributed by atoms with Crippen molar-refractivity contribution >= 4 is 5.91 Å². The van der Waals surface area contributed by atoms with Gasteiger partial charge < -0.3 is 15.2 Å². The molecule has 1 aliphatic heterocycles. The van der Waals surface area contributed by atoms with Crippen LogP contribution in [0.15, 0.2) is 24.7 Å². The molecule has 0 spiro atoms. The Morgan fingerprint density at radius 3 is 3.16 bits per heavy atom. The van der Waals surface area contributed by atoms with Crippen LogP contribution < -0.4 is 5.73 Å². The summed E-state index contributed by atoms with van der Waals surface area (Å²) in [5.74, 6) is 0.791. The van der Waals surface area contributed by atoms with Crippen molar-refractivity contribution in [2.24, 2.45) is 5.73 Å². The molecule has 19 heavy (non-hydrogen) atoms. The Morgan fingerprint density at radius 1 is 1.42 bits per heavy atom. The van der Waals surface area contributed by atoms with Crippen molar-refractivity contribution in [3.05, 3.63) is 41.7 Å². The smallest absolute Gasteiger partial charge is 0.254 e. The van der Waals surface area contributed by atoms with E-state index in [1.165, 1.54) is 0 Å². The van der Waals surface area contributed by atoms with Gasteiger partial charge in [0.2, 0.25) is 0 Å². The van der Waals surface area contributed by atoms with Gasteiger partial charge >= 0.3 is 0 Å². The molecule has 0 atom stereocenters. The first-order valence-corrected chi connectivity index (χ1v) is 6.09. The Hall–Kier alpha value is -2.28. The van der Waals surface area contributed by atoms with E-state index in [2.05, 4.69) is 15.2 Å². The molecular weight excluding hydrogens is 244 g/mol. The zero-order valence-electron chi connectivity index (χ0n) is 10.4. The molecule has 0 saturated carbocycles. The van der Waals surface area contributed by atoms with Crippen molar-refractivity contribution in [3.63, 3.8) is 0 Å². The van der Waals surface area contributed by atoms with Crippen molar-refractivity contribution in [1.29, 1.82) is 0 Å². The van der Waals surface area contributed by atoms with Crippen LogP contribution in [0.5, 0.6) is 0 Å². The highest BCUT2D eigenvalue weighted by molar-refractivity contribution is 5.94. The molecule has 3 rings (SSSR count). The molecule has 1 amide bonds. The van der Waals surface area contributed by atoms with Gasteiger partial charge in [0.1, 0.15) is 6.33 Å². The number of hydrogen-bond donors (Lipinski definition) is 1. The first kappa shape index (κ1) is 11.8. The van der Waals surface area contributed by atoms with Gasteiger partial charge in [-0.2, -0.15) is 0 Å². The van der Waals surface area contributed by atoms with E-state index in [9.17, 15) is 4.79 Å². The third-order valence-electron chi connectivity index (χ3n) is 3.20. The van der Waals surface area contributed by atoms with Gasteiger partial charge in [0.05, 0.1) is 12.2 Å². The molecule has 0 saturated heterocycles. The summed E-state index contributed by atoms with van der Waals surface area (Å²) in [6.45, 7) is 2.20. The number of hydrogen-bond acceptors (Lipinski definition) is 5. The Morgan fingerprint density at radius 2 is 2.32 bits per heavy atom. The zero-order valence-corrected chi connectivity index (χ0v) is 10.4. The van der Waals surface area contributed by atoms with Crippen LogP contribution in [-0.4, -0.2) is 37.1 Å². The van der Waals surface area contributed by atoms with Gasteiger partial charge in [-0.15, -0.1) is 10.2 Å². The molecule has 0 fully saturated rings. The number of nitrogens with two attached hydrogens (primary N) is 1. The van der Waals surface area contributed by atoms with Crippen molar-refractivity contribution < 1.29 is 4.79 Å². The molecule has 0 bridgehead atoms. The third-order valence-corrected chi connectivity index (χ3v) is 3.20. The molecule has 0 aromatic carbocycles. The highest BCUT2D eigenvalue weighted by atomic mass is 16.2. The van der Waals surface area contributed by atoms with Crippen LogP contribution in [-0.2, 0) is 19.6 Å². The molecule has 7 heteroatoms. The normalized spacial score (nSPS) is 14.3. The van der Waals surface area contributed by atoms with E-state index in [4.69, 9.17) is 5.73 Å². The fraction of sp³-hybridized carbons (Fsp3) is 0.333. The molecule has 1 aliphatic rings.